The van der Waals surface area contributed by atoms with Crippen molar-refractivity contribution in [3.05, 3.63) is 47.3 Å². The maximum absolute atomic E-state index is 12.7. The lowest BCUT2D eigenvalue weighted by molar-refractivity contribution is 0.116. The van der Waals surface area contributed by atoms with E-state index in [0.29, 0.717) is 23.1 Å². The number of nitrogen functional groups attached to an aromatic ring is 1. The summed E-state index contributed by atoms with van der Waals surface area (Å²) in [4.78, 5) is 6.01. The van der Waals surface area contributed by atoms with E-state index in [1.165, 1.54) is 11.3 Å². The molecule has 12 heteroatoms. The van der Waals surface area contributed by atoms with E-state index in [1.807, 2.05) is 35.0 Å². The monoisotopic (exact) mass is 456 g/mol. The third kappa shape index (κ3) is 3.62. The number of benzene rings is 1. The summed E-state index contributed by atoms with van der Waals surface area (Å²) in [7, 11) is 0. The summed E-state index contributed by atoms with van der Waals surface area (Å²) in [6.45, 7) is 4.58. The van der Waals surface area contributed by atoms with E-state index >= 15 is 0 Å². The van der Waals surface area contributed by atoms with Gasteiger partial charge in [-0.2, -0.15) is 8.78 Å². The van der Waals surface area contributed by atoms with Crippen LogP contribution >= 0.6 is 11.3 Å². The van der Waals surface area contributed by atoms with E-state index in [1.54, 1.807) is 10.7 Å². The Kier molecular flexibility index (Phi) is 4.93. The standard InChI is InChI=1S/C20H18F2N8OS/c1-10(2)30-15-5-3-11(7-13(15)24-20(30)23)14-9-29(28-25-14)8-12-4-6-16(32-12)18-26-27-19(31-18)17(21)22/h3-7,9-10,17H,8H2,1-2H3,(H2,23,24). The van der Waals surface area contributed by atoms with E-state index in [-0.39, 0.29) is 11.9 Å². The second-order valence-corrected chi connectivity index (χ2v) is 8.62. The van der Waals surface area contributed by atoms with Crippen molar-refractivity contribution in [3.63, 3.8) is 0 Å². The molecule has 5 rings (SSSR count). The Morgan fingerprint density at radius 2 is 1.97 bits per heavy atom. The highest BCUT2D eigenvalue weighted by atomic mass is 32.1. The normalized spacial score (nSPS) is 11.9. The fourth-order valence-electron chi connectivity index (χ4n) is 3.49. The van der Waals surface area contributed by atoms with Gasteiger partial charge >= 0.3 is 6.43 Å². The van der Waals surface area contributed by atoms with Crippen molar-refractivity contribution in [3.8, 4) is 22.0 Å². The average Bonchev–Trinajstić information content (AvgIpc) is 3.53. The zero-order valence-corrected chi connectivity index (χ0v) is 17.9. The number of nitrogens with two attached hydrogens (primary N) is 1. The molecule has 4 heterocycles. The Balaban J connectivity index is 1.36. The minimum Gasteiger partial charge on any atom is -0.414 e. The first kappa shape index (κ1) is 20.2. The minimum atomic E-state index is -2.79. The number of imidazole rings is 1. The Hall–Kier alpha value is -3.67. The molecule has 0 saturated carbocycles. The van der Waals surface area contributed by atoms with Crippen molar-refractivity contribution in [1.82, 2.24) is 34.7 Å². The first-order valence-electron chi connectivity index (χ1n) is 9.77. The van der Waals surface area contributed by atoms with Crippen LogP contribution < -0.4 is 5.73 Å². The van der Waals surface area contributed by atoms with E-state index in [4.69, 9.17) is 10.2 Å². The van der Waals surface area contributed by atoms with Crippen LogP contribution in [0.25, 0.3) is 33.1 Å². The molecule has 1 aromatic carbocycles. The maximum Gasteiger partial charge on any atom is 0.314 e. The Labute approximate surface area is 184 Å². The van der Waals surface area contributed by atoms with Crippen molar-refractivity contribution in [1.29, 1.82) is 0 Å². The molecule has 5 aromatic rings. The highest BCUT2D eigenvalue weighted by Crippen LogP contribution is 2.30. The molecule has 0 aliphatic rings. The molecule has 9 nitrogen and oxygen atoms in total. The molecule has 0 aliphatic heterocycles. The van der Waals surface area contributed by atoms with E-state index in [0.717, 1.165) is 21.5 Å². The van der Waals surface area contributed by atoms with Gasteiger partial charge in [0.2, 0.25) is 5.95 Å². The van der Waals surface area contributed by atoms with Gasteiger partial charge in [-0.05, 0) is 38.1 Å². The molecule has 4 aromatic heterocycles. The lowest BCUT2D eigenvalue weighted by atomic mass is 10.1. The van der Waals surface area contributed by atoms with Crippen LogP contribution in [0, 0.1) is 0 Å². The number of nitrogens with zero attached hydrogens (tertiary/aromatic N) is 7. The molecule has 0 bridgehead atoms. The van der Waals surface area contributed by atoms with Gasteiger partial charge in [-0.25, -0.2) is 9.67 Å². The number of alkyl halides is 2. The minimum absolute atomic E-state index is 0.0734. The molecule has 0 radical (unpaired) electrons. The topological polar surface area (TPSA) is 113 Å². The van der Waals surface area contributed by atoms with Gasteiger partial charge in [0.15, 0.2) is 0 Å². The number of rotatable bonds is 6. The van der Waals surface area contributed by atoms with E-state index < -0.39 is 12.3 Å². The van der Waals surface area contributed by atoms with Crippen molar-refractivity contribution in [2.75, 3.05) is 5.73 Å². The molecule has 0 spiro atoms. The quantitative estimate of drug-likeness (QED) is 0.398. The van der Waals surface area contributed by atoms with Gasteiger partial charge in [0.1, 0.15) is 5.69 Å². The zero-order valence-electron chi connectivity index (χ0n) is 17.1. The molecule has 164 valence electrons. The van der Waals surface area contributed by atoms with E-state index in [9.17, 15) is 8.78 Å². The number of thiophene rings is 1. The molecule has 0 unspecified atom stereocenters. The van der Waals surface area contributed by atoms with Crippen LogP contribution in [-0.2, 0) is 6.54 Å². The molecule has 0 fully saturated rings. The van der Waals surface area contributed by atoms with Crippen LogP contribution in [-0.4, -0.2) is 34.7 Å². The Morgan fingerprint density at radius 3 is 2.72 bits per heavy atom. The highest BCUT2D eigenvalue weighted by molar-refractivity contribution is 7.15. The van der Waals surface area contributed by atoms with Gasteiger partial charge in [0.25, 0.3) is 11.8 Å². The lowest BCUT2D eigenvalue weighted by Crippen LogP contribution is -2.05. The molecule has 2 N–H and O–H groups in total. The number of halogens is 2. The Morgan fingerprint density at radius 1 is 1.12 bits per heavy atom. The number of hydrogen-bond acceptors (Lipinski definition) is 8. The smallest absolute Gasteiger partial charge is 0.314 e. The summed E-state index contributed by atoms with van der Waals surface area (Å²) in [6.07, 6.45) is -0.954. The largest absolute Gasteiger partial charge is 0.414 e. The van der Waals surface area contributed by atoms with Crippen LogP contribution in [0.4, 0.5) is 14.7 Å². The van der Waals surface area contributed by atoms with Gasteiger partial charge in [-0.3, -0.25) is 0 Å². The van der Waals surface area contributed by atoms with Crippen LogP contribution in [0.5, 0.6) is 0 Å². The molecular weight excluding hydrogens is 438 g/mol. The van der Waals surface area contributed by atoms with Crippen molar-refractivity contribution >= 4 is 28.3 Å². The maximum atomic E-state index is 12.7. The highest BCUT2D eigenvalue weighted by Gasteiger charge is 2.18. The Bertz CT molecular complexity index is 1400. The predicted octanol–water partition coefficient (Wildman–Crippen LogP) is 4.56. The summed E-state index contributed by atoms with van der Waals surface area (Å²) in [5, 5.41) is 15.5. The van der Waals surface area contributed by atoms with Crippen molar-refractivity contribution in [2.24, 2.45) is 0 Å². The fraction of sp³-hybridized carbons (Fsp3) is 0.250. The predicted molar refractivity (Wildman–Crippen MR) is 115 cm³/mol. The van der Waals surface area contributed by atoms with Gasteiger partial charge in [0.05, 0.1) is 28.7 Å². The van der Waals surface area contributed by atoms with Crippen LogP contribution in [0.2, 0.25) is 0 Å². The first-order valence-corrected chi connectivity index (χ1v) is 10.6. The van der Waals surface area contributed by atoms with Gasteiger partial charge in [-0.15, -0.1) is 26.6 Å². The van der Waals surface area contributed by atoms with Crippen molar-refractivity contribution in [2.45, 2.75) is 32.9 Å². The SMILES string of the molecule is CC(C)n1c(N)nc2cc(-c3cn(Cc4ccc(-c5nnc(C(F)F)o5)s4)nn3)ccc21. The second-order valence-electron chi connectivity index (χ2n) is 7.45. The number of hydrogen-bond donors (Lipinski definition) is 1. The third-order valence-electron chi connectivity index (χ3n) is 4.89. The second kappa shape index (κ2) is 7.79. The van der Waals surface area contributed by atoms with Gasteiger partial charge in [-0.1, -0.05) is 11.3 Å². The summed E-state index contributed by atoms with van der Waals surface area (Å²) in [6, 6.07) is 9.72. The zero-order chi connectivity index (χ0) is 22.4. The summed E-state index contributed by atoms with van der Waals surface area (Å²) < 4.78 is 34.0. The molecule has 0 aliphatic carbocycles. The van der Waals surface area contributed by atoms with Crippen LogP contribution in [0.15, 0.2) is 40.9 Å². The van der Waals surface area contributed by atoms with Gasteiger partial charge < -0.3 is 14.7 Å². The average molecular weight is 456 g/mol. The number of aromatic nitrogens is 7. The van der Waals surface area contributed by atoms with Crippen LogP contribution in [0.3, 0.4) is 0 Å². The molecule has 0 atom stereocenters. The van der Waals surface area contributed by atoms with Gasteiger partial charge in [0, 0.05) is 16.5 Å². The fourth-order valence-corrected chi connectivity index (χ4v) is 4.41. The molecular formula is C20H18F2N8OS. The lowest BCUT2D eigenvalue weighted by Gasteiger charge is -2.09. The molecule has 32 heavy (non-hydrogen) atoms. The van der Waals surface area contributed by atoms with E-state index in [2.05, 4.69) is 39.3 Å². The first-order chi connectivity index (χ1) is 15.4. The molecule has 0 saturated heterocycles. The summed E-state index contributed by atoms with van der Waals surface area (Å²) in [5.41, 5.74) is 9.42. The molecule has 0 amide bonds. The van der Waals surface area contributed by atoms with Crippen molar-refractivity contribution < 1.29 is 13.2 Å². The van der Waals surface area contributed by atoms with Crippen LogP contribution in [0.1, 0.15) is 37.1 Å². The third-order valence-corrected chi connectivity index (χ3v) is 5.94. The number of anilines is 1. The summed E-state index contributed by atoms with van der Waals surface area (Å²) in [5.74, 6) is -0.136. The summed E-state index contributed by atoms with van der Waals surface area (Å²) >= 11 is 1.36. The number of fused-ring (bicyclic) bond motifs is 1.